The number of benzene rings is 2. The average molecular weight is 435 g/mol. The van der Waals surface area contributed by atoms with E-state index in [0.717, 1.165) is 5.56 Å². The van der Waals surface area contributed by atoms with Gasteiger partial charge < -0.3 is 10.1 Å². The molecule has 0 aliphatic carbocycles. The molecular weight excluding hydrogens is 416 g/mol. The predicted octanol–water partition coefficient (Wildman–Crippen LogP) is 2.50. The van der Waals surface area contributed by atoms with Crippen LogP contribution in [0.4, 0.5) is 11.4 Å². The number of halogens is 1. The minimum Gasteiger partial charge on any atom is -0.484 e. The summed E-state index contributed by atoms with van der Waals surface area (Å²) < 4.78 is 5.16. The molecule has 0 unspecified atom stereocenters. The Kier molecular flexibility index (Phi) is 8.12. The predicted molar refractivity (Wildman–Crippen MR) is 109 cm³/mol. The highest BCUT2D eigenvalue weighted by Crippen LogP contribution is 2.23. The van der Waals surface area contributed by atoms with Crippen molar-refractivity contribution in [1.82, 2.24) is 10.9 Å². The minimum atomic E-state index is -0.638. The number of carbonyl (C=O) groups excluding carboxylic acids is 3. The van der Waals surface area contributed by atoms with Crippen LogP contribution >= 0.6 is 11.6 Å². The van der Waals surface area contributed by atoms with Crippen LogP contribution in [0.1, 0.15) is 18.4 Å². The number of nitrogens with one attached hydrogen (secondary N) is 3. The third kappa shape index (κ3) is 7.06. The number of carbonyl (C=O) groups is 3. The summed E-state index contributed by atoms with van der Waals surface area (Å²) in [6.07, 6.45) is -0.234. The molecule has 11 heteroatoms. The average Bonchev–Trinajstić information content (AvgIpc) is 2.72. The Labute approximate surface area is 176 Å². The van der Waals surface area contributed by atoms with Crippen molar-refractivity contribution in [3.63, 3.8) is 0 Å². The second kappa shape index (κ2) is 10.8. The molecule has 0 fully saturated rings. The van der Waals surface area contributed by atoms with Gasteiger partial charge >= 0.3 is 0 Å². The summed E-state index contributed by atoms with van der Waals surface area (Å²) in [5, 5.41) is 13.8. The van der Waals surface area contributed by atoms with Crippen LogP contribution in [0, 0.1) is 17.0 Å². The summed E-state index contributed by atoms with van der Waals surface area (Å²) in [5.74, 6) is -1.31. The molecule has 2 aromatic rings. The summed E-state index contributed by atoms with van der Waals surface area (Å²) >= 11 is 5.99. The molecule has 0 saturated carbocycles. The molecule has 158 valence electrons. The Hall–Kier alpha value is -3.66. The fourth-order valence-electron chi connectivity index (χ4n) is 2.23. The van der Waals surface area contributed by atoms with Crippen molar-refractivity contribution >= 4 is 40.7 Å². The van der Waals surface area contributed by atoms with Crippen molar-refractivity contribution in [2.45, 2.75) is 19.8 Å². The maximum absolute atomic E-state index is 12.0. The first-order valence-electron chi connectivity index (χ1n) is 8.76. The monoisotopic (exact) mass is 434 g/mol. The number of nitro groups is 1. The molecular formula is C19H19ClN4O6. The Morgan fingerprint density at radius 2 is 1.63 bits per heavy atom. The van der Waals surface area contributed by atoms with Gasteiger partial charge in [0.05, 0.1) is 4.92 Å². The lowest BCUT2D eigenvalue weighted by molar-refractivity contribution is -0.384. The lowest BCUT2D eigenvalue weighted by Gasteiger charge is -2.10. The fourth-order valence-corrected chi connectivity index (χ4v) is 2.41. The van der Waals surface area contributed by atoms with Gasteiger partial charge in [0, 0.05) is 35.7 Å². The number of nitrogens with zero attached hydrogens (tertiary/aromatic N) is 1. The van der Waals surface area contributed by atoms with E-state index in [4.69, 9.17) is 16.3 Å². The number of hydrogen-bond donors (Lipinski definition) is 3. The second-order valence-electron chi connectivity index (χ2n) is 6.10. The van der Waals surface area contributed by atoms with Gasteiger partial charge in [-0.2, -0.15) is 0 Å². The zero-order valence-corrected chi connectivity index (χ0v) is 16.7. The largest absolute Gasteiger partial charge is 0.484 e. The Morgan fingerprint density at radius 3 is 2.30 bits per heavy atom. The van der Waals surface area contributed by atoms with E-state index >= 15 is 0 Å². The van der Waals surface area contributed by atoms with Crippen molar-refractivity contribution in [3.05, 3.63) is 63.2 Å². The van der Waals surface area contributed by atoms with E-state index in [1.165, 1.54) is 24.3 Å². The van der Waals surface area contributed by atoms with E-state index < -0.39 is 23.3 Å². The molecule has 0 aliphatic heterocycles. The molecule has 0 saturated heterocycles. The summed E-state index contributed by atoms with van der Waals surface area (Å²) in [7, 11) is 0. The summed E-state index contributed by atoms with van der Waals surface area (Å²) in [4.78, 5) is 45.4. The van der Waals surface area contributed by atoms with Gasteiger partial charge in [0.25, 0.3) is 11.6 Å². The van der Waals surface area contributed by atoms with E-state index in [1.807, 2.05) is 0 Å². The number of nitro benzene ring substituents is 1. The Balaban J connectivity index is 1.67. The maximum atomic E-state index is 12.0. The SMILES string of the molecule is Cc1c(Cl)cccc1NC(=O)CCC(=O)NNC(=O)COc1ccc([N+](=O)[O-])cc1. The van der Waals surface area contributed by atoms with Crippen LogP contribution in [0.3, 0.4) is 0 Å². The lowest BCUT2D eigenvalue weighted by atomic mass is 10.2. The van der Waals surface area contributed by atoms with Gasteiger partial charge in [-0.05, 0) is 36.8 Å². The van der Waals surface area contributed by atoms with E-state index in [9.17, 15) is 24.5 Å². The number of anilines is 1. The second-order valence-corrected chi connectivity index (χ2v) is 6.50. The van der Waals surface area contributed by atoms with Crippen LogP contribution in [0.25, 0.3) is 0 Å². The molecule has 2 aromatic carbocycles. The van der Waals surface area contributed by atoms with E-state index in [1.54, 1.807) is 25.1 Å². The van der Waals surface area contributed by atoms with E-state index in [0.29, 0.717) is 10.7 Å². The number of hydrazine groups is 1. The summed E-state index contributed by atoms with van der Waals surface area (Å²) in [6, 6.07) is 10.3. The van der Waals surface area contributed by atoms with Gasteiger partial charge in [-0.1, -0.05) is 17.7 Å². The fraction of sp³-hybridized carbons (Fsp3) is 0.211. The molecule has 0 aromatic heterocycles. The highest BCUT2D eigenvalue weighted by Gasteiger charge is 2.11. The van der Waals surface area contributed by atoms with Crippen LogP contribution in [-0.2, 0) is 14.4 Å². The standard InChI is InChI=1S/C19H19ClN4O6/c1-12-15(20)3-2-4-16(12)21-17(25)9-10-18(26)22-23-19(27)11-30-14-7-5-13(6-8-14)24(28)29/h2-8H,9-11H2,1H3,(H,21,25)(H,22,26)(H,23,27). The van der Waals surface area contributed by atoms with E-state index in [-0.39, 0.29) is 30.2 Å². The third-order valence-electron chi connectivity index (χ3n) is 3.88. The Bertz CT molecular complexity index is 949. The van der Waals surface area contributed by atoms with Crippen LogP contribution in [0.15, 0.2) is 42.5 Å². The van der Waals surface area contributed by atoms with Crippen LogP contribution in [0.5, 0.6) is 5.75 Å². The summed E-state index contributed by atoms with van der Waals surface area (Å²) in [6.45, 7) is 1.35. The van der Waals surface area contributed by atoms with Crippen LogP contribution in [0.2, 0.25) is 5.02 Å². The first kappa shape index (κ1) is 22.6. The van der Waals surface area contributed by atoms with Crippen LogP contribution in [-0.4, -0.2) is 29.3 Å². The highest BCUT2D eigenvalue weighted by atomic mass is 35.5. The molecule has 0 spiro atoms. The molecule has 3 amide bonds. The van der Waals surface area contributed by atoms with Gasteiger partial charge in [0.2, 0.25) is 11.8 Å². The number of rotatable bonds is 8. The Morgan fingerprint density at radius 1 is 1.00 bits per heavy atom. The van der Waals surface area contributed by atoms with Crippen molar-refractivity contribution in [3.8, 4) is 5.75 Å². The topological polar surface area (TPSA) is 140 Å². The number of non-ortho nitro benzene ring substituents is 1. The smallest absolute Gasteiger partial charge is 0.276 e. The highest BCUT2D eigenvalue weighted by molar-refractivity contribution is 6.31. The van der Waals surface area contributed by atoms with Crippen LogP contribution < -0.4 is 20.9 Å². The zero-order valence-electron chi connectivity index (χ0n) is 15.9. The molecule has 0 bridgehead atoms. The quantitative estimate of drug-likeness (QED) is 0.430. The van der Waals surface area contributed by atoms with Gasteiger partial charge in [0.15, 0.2) is 6.61 Å². The van der Waals surface area contributed by atoms with Gasteiger partial charge in [-0.25, -0.2) is 0 Å². The lowest BCUT2D eigenvalue weighted by Crippen LogP contribution is -2.44. The molecule has 3 N–H and O–H groups in total. The normalized spacial score (nSPS) is 10.1. The molecule has 0 radical (unpaired) electrons. The van der Waals surface area contributed by atoms with Crippen molar-refractivity contribution in [2.75, 3.05) is 11.9 Å². The number of ether oxygens (including phenoxy) is 1. The zero-order chi connectivity index (χ0) is 22.1. The first-order valence-corrected chi connectivity index (χ1v) is 9.14. The van der Waals surface area contributed by atoms with Crippen molar-refractivity contribution in [1.29, 1.82) is 0 Å². The number of amides is 3. The molecule has 30 heavy (non-hydrogen) atoms. The van der Waals surface area contributed by atoms with Crippen molar-refractivity contribution in [2.24, 2.45) is 0 Å². The van der Waals surface area contributed by atoms with E-state index in [2.05, 4.69) is 16.2 Å². The van der Waals surface area contributed by atoms with Crippen molar-refractivity contribution < 1.29 is 24.0 Å². The van der Waals surface area contributed by atoms with Gasteiger partial charge in [-0.15, -0.1) is 0 Å². The molecule has 0 aliphatic rings. The summed E-state index contributed by atoms with van der Waals surface area (Å²) in [5.41, 5.74) is 5.50. The minimum absolute atomic E-state index is 0.0903. The first-order chi connectivity index (χ1) is 14.3. The number of hydrogen-bond acceptors (Lipinski definition) is 6. The van der Waals surface area contributed by atoms with Gasteiger partial charge in [0.1, 0.15) is 5.75 Å². The third-order valence-corrected chi connectivity index (χ3v) is 4.29. The molecule has 2 rings (SSSR count). The van der Waals surface area contributed by atoms with Gasteiger partial charge in [-0.3, -0.25) is 35.3 Å². The maximum Gasteiger partial charge on any atom is 0.276 e. The molecule has 0 heterocycles. The molecule has 10 nitrogen and oxygen atoms in total. The molecule has 0 atom stereocenters.